The van der Waals surface area contributed by atoms with E-state index in [0.717, 1.165) is 12.8 Å². The third-order valence-corrected chi connectivity index (χ3v) is 3.21. The molecule has 0 aliphatic carbocycles. The maximum absolute atomic E-state index is 12.0. The molecular formula is C19H36N2O6. The summed E-state index contributed by atoms with van der Waals surface area (Å²) in [5.41, 5.74) is -1.08. The highest BCUT2D eigenvalue weighted by molar-refractivity contribution is 5.72. The van der Waals surface area contributed by atoms with E-state index in [4.69, 9.17) is 14.6 Å². The number of hydrogen-bond acceptors (Lipinski definition) is 6. The van der Waals surface area contributed by atoms with Crippen LogP contribution in [0.25, 0.3) is 0 Å². The molecule has 158 valence electrons. The van der Waals surface area contributed by atoms with Gasteiger partial charge in [0, 0.05) is 13.0 Å². The number of alkyl carbamates (subject to hydrolysis) is 1. The molecule has 2 N–H and O–H groups in total. The smallest absolute Gasteiger partial charge is 0.407 e. The van der Waals surface area contributed by atoms with E-state index < -0.39 is 23.3 Å². The summed E-state index contributed by atoms with van der Waals surface area (Å²) >= 11 is 0. The van der Waals surface area contributed by atoms with E-state index in [1.165, 1.54) is 0 Å². The fraction of sp³-hybridized carbons (Fsp3) is 0.842. The molecule has 0 aromatic carbocycles. The summed E-state index contributed by atoms with van der Waals surface area (Å²) in [6, 6.07) is 0. The molecule has 0 radical (unpaired) electrons. The first-order valence-electron chi connectivity index (χ1n) is 9.41. The molecule has 0 atom stereocenters. The summed E-state index contributed by atoms with van der Waals surface area (Å²) < 4.78 is 10.5. The minimum Gasteiger partial charge on any atom is -0.481 e. The zero-order chi connectivity index (χ0) is 21.1. The van der Waals surface area contributed by atoms with Gasteiger partial charge in [0.25, 0.3) is 0 Å². The standard InChI is InChI=1S/C19H36N2O6/c1-18(2,3)26-16(24)14-21(13-9-10-15(22)23)12-8-7-11-20-17(25)27-19(4,5)6/h7-14H2,1-6H3,(H,20,25)(H,22,23). The van der Waals surface area contributed by atoms with Crippen molar-refractivity contribution in [3.63, 3.8) is 0 Å². The quantitative estimate of drug-likeness (QED) is 0.414. The number of carbonyl (C=O) groups excluding carboxylic acids is 2. The number of aliphatic carboxylic acids is 1. The Morgan fingerprint density at radius 1 is 0.889 bits per heavy atom. The second-order valence-corrected chi connectivity index (χ2v) is 8.50. The van der Waals surface area contributed by atoms with Gasteiger partial charge < -0.3 is 19.9 Å². The summed E-state index contributed by atoms with van der Waals surface area (Å²) in [6.45, 7) is 12.6. The fourth-order valence-corrected chi connectivity index (χ4v) is 2.25. The van der Waals surface area contributed by atoms with Crippen molar-refractivity contribution in [2.45, 2.75) is 78.4 Å². The number of carboxylic acids is 1. The van der Waals surface area contributed by atoms with Crippen molar-refractivity contribution < 1.29 is 29.0 Å². The lowest BCUT2D eigenvalue weighted by molar-refractivity contribution is -0.156. The van der Waals surface area contributed by atoms with Crippen molar-refractivity contribution in [1.82, 2.24) is 10.2 Å². The summed E-state index contributed by atoms with van der Waals surface area (Å²) in [4.78, 5) is 36.2. The van der Waals surface area contributed by atoms with Crippen LogP contribution in [0, 0.1) is 0 Å². The van der Waals surface area contributed by atoms with Crippen LogP contribution in [0.15, 0.2) is 0 Å². The highest BCUT2D eigenvalue weighted by Gasteiger charge is 2.19. The first kappa shape index (κ1) is 25.2. The van der Waals surface area contributed by atoms with Gasteiger partial charge in [-0.15, -0.1) is 0 Å². The summed E-state index contributed by atoms with van der Waals surface area (Å²) in [7, 11) is 0. The monoisotopic (exact) mass is 388 g/mol. The van der Waals surface area contributed by atoms with Crippen LogP contribution in [0.1, 0.15) is 67.2 Å². The van der Waals surface area contributed by atoms with E-state index in [1.807, 2.05) is 25.7 Å². The topological polar surface area (TPSA) is 105 Å². The second-order valence-electron chi connectivity index (χ2n) is 8.50. The molecule has 8 heteroatoms. The van der Waals surface area contributed by atoms with Crippen LogP contribution in [0.2, 0.25) is 0 Å². The first-order chi connectivity index (χ1) is 12.3. The van der Waals surface area contributed by atoms with E-state index in [2.05, 4.69) is 5.32 Å². The molecule has 8 nitrogen and oxygen atoms in total. The van der Waals surface area contributed by atoms with Crippen LogP contribution in [0.3, 0.4) is 0 Å². The van der Waals surface area contributed by atoms with E-state index in [9.17, 15) is 14.4 Å². The molecular weight excluding hydrogens is 352 g/mol. The lowest BCUT2D eigenvalue weighted by Gasteiger charge is -2.25. The third-order valence-electron chi connectivity index (χ3n) is 3.21. The summed E-state index contributed by atoms with van der Waals surface area (Å²) in [5, 5.41) is 11.5. The predicted molar refractivity (Wildman–Crippen MR) is 103 cm³/mol. The molecule has 0 heterocycles. The molecule has 1 amide bonds. The largest absolute Gasteiger partial charge is 0.481 e. The van der Waals surface area contributed by atoms with Gasteiger partial charge in [0.15, 0.2) is 0 Å². The van der Waals surface area contributed by atoms with E-state index in [-0.39, 0.29) is 18.9 Å². The normalized spacial score (nSPS) is 12.0. The molecule has 0 rings (SSSR count). The molecule has 0 aromatic rings. The van der Waals surface area contributed by atoms with Crippen LogP contribution < -0.4 is 5.32 Å². The molecule has 0 unspecified atom stereocenters. The van der Waals surface area contributed by atoms with Crippen LogP contribution in [-0.2, 0) is 19.1 Å². The van der Waals surface area contributed by atoms with Gasteiger partial charge >= 0.3 is 18.0 Å². The number of amides is 1. The fourth-order valence-electron chi connectivity index (χ4n) is 2.25. The Balaban J connectivity index is 4.28. The minimum absolute atomic E-state index is 0.0605. The Labute approximate surface area is 162 Å². The Bertz CT molecular complexity index is 480. The van der Waals surface area contributed by atoms with Gasteiger partial charge in [-0.2, -0.15) is 0 Å². The molecule has 0 bridgehead atoms. The molecule has 0 aliphatic rings. The number of carbonyl (C=O) groups is 3. The van der Waals surface area contributed by atoms with Gasteiger partial charge in [0.1, 0.15) is 11.2 Å². The average molecular weight is 389 g/mol. The minimum atomic E-state index is -0.853. The van der Waals surface area contributed by atoms with Gasteiger partial charge in [-0.1, -0.05) is 0 Å². The Hall–Kier alpha value is -1.83. The number of ether oxygens (including phenoxy) is 2. The molecule has 0 fully saturated rings. The molecule has 0 aliphatic heterocycles. The molecule has 0 spiro atoms. The second kappa shape index (κ2) is 11.8. The van der Waals surface area contributed by atoms with Crippen molar-refractivity contribution in [1.29, 1.82) is 0 Å². The number of rotatable bonds is 11. The number of esters is 1. The lowest BCUT2D eigenvalue weighted by atomic mass is 10.2. The van der Waals surface area contributed by atoms with Crippen LogP contribution in [-0.4, -0.2) is 65.4 Å². The molecule has 0 saturated carbocycles. The van der Waals surface area contributed by atoms with Gasteiger partial charge in [0.2, 0.25) is 0 Å². The summed E-state index contributed by atoms with van der Waals surface area (Å²) in [6.07, 6.45) is 1.56. The van der Waals surface area contributed by atoms with Crippen molar-refractivity contribution >= 4 is 18.0 Å². The summed E-state index contributed by atoms with van der Waals surface area (Å²) in [5.74, 6) is -1.18. The van der Waals surface area contributed by atoms with Crippen molar-refractivity contribution in [2.75, 3.05) is 26.2 Å². The SMILES string of the molecule is CC(C)(C)OC(=O)CN(CCCCNC(=O)OC(C)(C)C)CCCC(=O)O. The van der Waals surface area contributed by atoms with Gasteiger partial charge in [0.05, 0.1) is 6.54 Å². The predicted octanol–water partition coefficient (Wildman–Crippen LogP) is 2.80. The van der Waals surface area contributed by atoms with Crippen LogP contribution >= 0.6 is 0 Å². The van der Waals surface area contributed by atoms with Gasteiger partial charge in [-0.25, -0.2) is 4.79 Å². The number of hydrogen-bond donors (Lipinski definition) is 2. The first-order valence-corrected chi connectivity index (χ1v) is 9.41. The maximum atomic E-state index is 12.0. The number of nitrogens with zero attached hydrogens (tertiary/aromatic N) is 1. The van der Waals surface area contributed by atoms with E-state index in [0.29, 0.717) is 26.1 Å². The maximum Gasteiger partial charge on any atom is 0.407 e. The van der Waals surface area contributed by atoms with Gasteiger partial charge in [-0.3, -0.25) is 14.5 Å². The highest BCUT2D eigenvalue weighted by atomic mass is 16.6. The number of nitrogens with one attached hydrogen (secondary N) is 1. The Morgan fingerprint density at radius 3 is 1.96 bits per heavy atom. The van der Waals surface area contributed by atoms with E-state index >= 15 is 0 Å². The van der Waals surface area contributed by atoms with E-state index in [1.54, 1.807) is 20.8 Å². The third kappa shape index (κ3) is 17.3. The number of carboxylic acid groups (broad SMARTS) is 1. The van der Waals surface area contributed by atoms with Crippen molar-refractivity contribution in [3.05, 3.63) is 0 Å². The Morgan fingerprint density at radius 2 is 1.44 bits per heavy atom. The van der Waals surface area contributed by atoms with Crippen molar-refractivity contribution in [3.8, 4) is 0 Å². The van der Waals surface area contributed by atoms with Crippen LogP contribution in [0.5, 0.6) is 0 Å². The Kier molecular flexibility index (Phi) is 11.0. The zero-order valence-corrected chi connectivity index (χ0v) is 17.6. The highest BCUT2D eigenvalue weighted by Crippen LogP contribution is 2.09. The van der Waals surface area contributed by atoms with Gasteiger partial charge in [-0.05, 0) is 73.9 Å². The van der Waals surface area contributed by atoms with Crippen molar-refractivity contribution in [2.24, 2.45) is 0 Å². The molecule has 27 heavy (non-hydrogen) atoms. The number of unbranched alkanes of at least 4 members (excludes halogenated alkanes) is 1. The average Bonchev–Trinajstić information content (AvgIpc) is 2.42. The lowest BCUT2D eigenvalue weighted by Crippen LogP contribution is -2.36. The van der Waals surface area contributed by atoms with Crippen LogP contribution in [0.4, 0.5) is 4.79 Å². The molecule has 0 saturated heterocycles. The zero-order valence-electron chi connectivity index (χ0n) is 17.6. The molecule has 0 aromatic heterocycles.